The normalized spacial score (nSPS) is 21.3. The molecule has 8 heteroatoms. The van der Waals surface area contributed by atoms with Crippen molar-refractivity contribution in [2.24, 2.45) is 11.7 Å². The van der Waals surface area contributed by atoms with Gasteiger partial charge in [0.1, 0.15) is 0 Å². The summed E-state index contributed by atoms with van der Waals surface area (Å²) in [6, 6.07) is 0.0279. The average molecular weight is 305 g/mol. The highest BCUT2D eigenvalue weighted by Crippen LogP contribution is 2.17. The standard InChI is InChI=1S/C12H23N3O4S/c1-9(2)15(6-11(13)16)7-12(17)14-5-10-3-4-20(18,19)8-10/h9-10H,3-8H2,1-2H3,(H2,13,16)(H,14,17)/t10-/m0/s1. The molecule has 3 N–H and O–H groups in total. The molecule has 1 aliphatic rings. The van der Waals surface area contributed by atoms with E-state index in [9.17, 15) is 18.0 Å². The second-order valence-corrected chi connectivity index (χ2v) is 7.77. The molecule has 0 aromatic rings. The van der Waals surface area contributed by atoms with E-state index >= 15 is 0 Å². The van der Waals surface area contributed by atoms with Gasteiger partial charge in [0.25, 0.3) is 0 Å². The number of nitrogens with one attached hydrogen (secondary N) is 1. The van der Waals surface area contributed by atoms with Crippen LogP contribution >= 0.6 is 0 Å². The van der Waals surface area contributed by atoms with Gasteiger partial charge in [-0.3, -0.25) is 14.5 Å². The highest BCUT2D eigenvalue weighted by atomic mass is 32.2. The first-order valence-corrected chi connectivity index (χ1v) is 8.51. The van der Waals surface area contributed by atoms with Crippen LogP contribution in [0.5, 0.6) is 0 Å². The van der Waals surface area contributed by atoms with E-state index in [0.29, 0.717) is 13.0 Å². The summed E-state index contributed by atoms with van der Waals surface area (Å²) in [6.07, 6.45) is 0.595. The zero-order chi connectivity index (χ0) is 15.3. The molecule has 0 unspecified atom stereocenters. The molecule has 1 atom stereocenters. The second kappa shape index (κ2) is 7.03. The number of nitrogens with zero attached hydrogens (tertiary/aromatic N) is 1. The van der Waals surface area contributed by atoms with Crippen molar-refractivity contribution < 1.29 is 18.0 Å². The number of nitrogens with two attached hydrogens (primary N) is 1. The maximum Gasteiger partial charge on any atom is 0.234 e. The maximum atomic E-state index is 11.8. The van der Waals surface area contributed by atoms with Crippen LogP contribution in [0.4, 0.5) is 0 Å². The molecule has 1 saturated heterocycles. The van der Waals surface area contributed by atoms with Gasteiger partial charge in [0, 0.05) is 12.6 Å². The lowest BCUT2D eigenvalue weighted by Gasteiger charge is -2.24. The molecule has 2 amide bonds. The molecule has 0 saturated carbocycles. The van der Waals surface area contributed by atoms with Crippen molar-refractivity contribution in [3.05, 3.63) is 0 Å². The quantitative estimate of drug-likeness (QED) is 0.609. The molecule has 1 fully saturated rings. The van der Waals surface area contributed by atoms with Crippen LogP contribution in [0.15, 0.2) is 0 Å². The lowest BCUT2D eigenvalue weighted by Crippen LogP contribution is -2.45. The van der Waals surface area contributed by atoms with Crippen LogP contribution in [0, 0.1) is 5.92 Å². The lowest BCUT2D eigenvalue weighted by molar-refractivity contribution is -0.124. The van der Waals surface area contributed by atoms with E-state index in [1.165, 1.54) is 0 Å². The molecular formula is C12H23N3O4S. The lowest BCUT2D eigenvalue weighted by atomic mass is 10.1. The van der Waals surface area contributed by atoms with Crippen LogP contribution in [0.1, 0.15) is 20.3 Å². The fourth-order valence-electron chi connectivity index (χ4n) is 2.15. The first-order valence-electron chi connectivity index (χ1n) is 6.69. The van der Waals surface area contributed by atoms with E-state index in [0.717, 1.165) is 0 Å². The van der Waals surface area contributed by atoms with Crippen LogP contribution in [0.3, 0.4) is 0 Å². The molecule has 7 nitrogen and oxygen atoms in total. The van der Waals surface area contributed by atoms with Gasteiger partial charge in [0.05, 0.1) is 24.6 Å². The van der Waals surface area contributed by atoms with Crippen molar-refractivity contribution in [3.8, 4) is 0 Å². The van der Waals surface area contributed by atoms with Gasteiger partial charge in [0.15, 0.2) is 9.84 Å². The Morgan fingerprint density at radius 2 is 2.00 bits per heavy atom. The highest BCUT2D eigenvalue weighted by Gasteiger charge is 2.28. The number of carbonyl (C=O) groups excluding carboxylic acids is 2. The zero-order valence-corrected chi connectivity index (χ0v) is 12.8. The largest absolute Gasteiger partial charge is 0.369 e. The fourth-order valence-corrected chi connectivity index (χ4v) is 4.01. The summed E-state index contributed by atoms with van der Waals surface area (Å²) in [5.74, 6) is -0.360. The van der Waals surface area contributed by atoms with Gasteiger partial charge in [-0.1, -0.05) is 0 Å². The number of primary amides is 1. The number of rotatable bonds is 7. The Bertz CT molecular complexity index is 461. The Morgan fingerprint density at radius 3 is 2.45 bits per heavy atom. The molecule has 0 aromatic carbocycles. The Labute approximate surface area is 119 Å². The molecule has 1 aliphatic heterocycles. The molecule has 0 spiro atoms. The van der Waals surface area contributed by atoms with Gasteiger partial charge in [-0.2, -0.15) is 0 Å². The summed E-state index contributed by atoms with van der Waals surface area (Å²) < 4.78 is 22.6. The summed E-state index contributed by atoms with van der Waals surface area (Å²) >= 11 is 0. The van der Waals surface area contributed by atoms with Crippen molar-refractivity contribution in [1.29, 1.82) is 0 Å². The van der Waals surface area contributed by atoms with Crippen molar-refractivity contribution in [2.75, 3.05) is 31.1 Å². The number of amides is 2. The minimum Gasteiger partial charge on any atom is -0.369 e. The first kappa shape index (κ1) is 16.9. The summed E-state index contributed by atoms with van der Waals surface area (Å²) in [4.78, 5) is 24.4. The number of hydrogen-bond acceptors (Lipinski definition) is 5. The van der Waals surface area contributed by atoms with E-state index in [1.54, 1.807) is 4.90 Å². The Hall–Kier alpha value is -1.15. The van der Waals surface area contributed by atoms with Gasteiger partial charge in [-0.25, -0.2) is 8.42 Å². The van der Waals surface area contributed by atoms with Crippen LogP contribution in [0.25, 0.3) is 0 Å². The third-order valence-corrected chi connectivity index (χ3v) is 5.19. The molecule has 1 heterocycles. The highest BCUT2D eigenvalue weighted by molar-refractivity contribution is 7.91. The molecule has 1 rings (SSSR count). The Kier molecular flexibility index (Phi) is 5.94. The van der Waals surface area contributed by atoms with Crippen LogP contribution < -0.4 is 11.1 Å². The minimum absolute atomic E-state index is 0.00686. The van der Waals surface area contributed by atoms with Gasteiger partial charge < -0.3 is 11.1 Å². The summed E-state index contributed by atoms with van der Waals surface area (Å²) in [7, 11) is -2.92. The van der Waals surface area contributed by atoms with Crippen molar-refractivity contribution in [3.63, 3.8) is 0 Å². The van der Waals surface area contributed by atoms with Crippen molar-refractivity contribution in [1.82, 2.24) is 10.2 Å². The molecular weight excluding hydrogens is 282 g/mol. The summed E-state index contributed by atoms with van der Waals surface area (Å²) in [5.41, 5.74) is 5.13. The number of hydrogen-bond donors (Lipinski definition) is 2. The van der Waals surface area contributed by atoms with E-state index in [4.69, 9.17) is 5.73 Å². The Morgan fingerprint density at radius 1 is 1.35 bits per heavy atom. The molecule has 0 bridgehead atoms. The van der Waals surface area contributed by atoms with E-state index < -0.39 is 15.7 Å². The van der Waals surface area contributed by atoms with Gasteiger partial charge in [-0.15, -0.1) is 0 Å². The number of sulfone groups is 1. The fraction of sp³-hybridized carbons (Fsp3) is 0.833. The molecule has 0 aliphatic carbocycles. The predicted molar refractivity (Wildman–Crippen MR) is 75.7 cm³/mol. The molecule has 116 valence electrons. The van der Waals surface area contributed by atoms with E-state index in [1.807, 2.05) is 13.8 Å². The minimum atomic E-state index is -2.92. The summed E-state index contributed by atoms with van der Waals surface area (Å²) in [5, 5.41) is 2.72. The molecule has 20 heavy (non-hydrogen) atoms. The zero-order valence-electron chi connectivity index (χ0n) is 12.0. The van der Waals surface area contributed by atoms with Crippen LogP contribution in [0.2, 0.25) is 0 Å². The third kappa shape index (κ3) is 5.87. The Balaban J connectivity index is 2.37. The monoisotopic (exact) mass is 305 g/mol. The molecule has 0 radical (unpaired) electrons. The van der Waals surface area contributed by atoms with E-state index in [-0.39, 0.29) is 42.5 Å². The van der Waals surface area contributed by atoms with Crippen LogP contribution in [-0.4, -0.2) is 62.3 Å². The number of carbonyl (C=O) groups is 2. The van der Waals surface area contributed by atoms with Gasteiger partial charge in [0.2, 0.25) is 11.8 Å². The molecule has 0 aromatic heterocycles. The third-order valence-electron chi connectivity index (χ3n) is 3.35. The topological polar surface area (TPSA) is 110 Å². The average Bonchev–Trinajstić information content (AvgIpc) is 2.65. The van der Waals surface area contributed by atoms with Crippen molar-refractivity contribution in [2.45, 2.75) is 26.3 Å². The van der Waals surface area contributed by atoms with E-state index in [2.05, 4.69) is 5.32 Å². The van der Waals surface area contributed by atoms with Gasteiger partial charge >= 0.3 is 0 Å². The summed E-state index contributed by atoms with van der Waals surface area (Å²) in [6.45, 7) is 4.23. The first-order chi connectivity index (χ1) is 9.19. The van der Waals surface area contributed by atoms with Crippen molar-refractivity contribution >= 4 is 21.7 Å². The van der Waals surface area contributed by atoms with Crippen LogP contribution in [-0.2, 0) is 19.4 Å². The predicted octanol–water partition coefficient (Wildman–Crippen LogP) is -1.27. The smallest absolute Gasteiger partial charge is 0.234 e. The van der Waals surface area contributed by atoms with Gasteiger partial charge in [-0.05, 0) is 26.2 Å². The second-order valence-electron chi connectivity index (χ2n) is 5.54. The maximum absolute atomic E-state index is 11.8. The SMILES string of the molecule is CC(C)N(CC(N)=O)CC(=O)NC[C@@H]1CCS(=O)(=O)C1.